The van der Waals surface area contributed by atoms with Crippen molar-refractivity contribution in [1.82, 2.24) is 20.0 Å². The Hall–Kier alpha value is -2.65. The van der Waals surface area contributed by atoms with Crippen LogP contribution < -0.4 is 9.47 Å². The highest BCUT2D eigenvalue weighted by Crippen LogP contribution is 2.35. The van der Waals surface area contributed by atoms with Gasteiger partial charge in [-0.3, -0.25) is 4.79 Å². The molecule has 7 nitrogen and oxygen atoms in total. The minimum atomic E-state index is -4.77. The molecule has 2 aromatic heterocycles. The molecule has 0 aliphatic carbocycles. The maximum absolute atomic E-state index is 12.7. The van der Waals surface area contributed by atoms with Crippen LogP contribution in [0.4, 0.5) is 13.2 Å². The molecule has 2 heterocycles. The number of aromatic nitrogens is 4. The molecular weight excluding hydrogens is 293 g/mol. The summed E-state index contributed by atoms with van der Waals surface area (Å²) in [6, 6.07) is 1.31. The Morgan fingerprint density at radius 1 is 1.38 bits per heavy atom. The van der Waals surface area contributed by atoms with E-state index in [1.807, 2.05) is 0 Å². The molecule has 0 aliphatic rings. The van der Waals surface area contributed by atoms with Gasteiger partial charge in [-0.25, -0.2) is 4.68 Å². The molecule has 2 aromatic rings. The standard InChI is InChI=1S/C11H9F3N4O3/c1-18-10(7(5-19)9(17-18)11(12,13)14)21-8-3-6(20-2)4-15-16-8/h3-5H,1-2H3. The molecule has 0 radical (unpaired) electrons. The van der Waals surface area contributed by atoms with Crippen LogP contribution in [0.3, 0.4) is 0 Å². The zero-order valence-corrected chi connectivity index (χ0v) is 10.9. The molecule has 21 heavy (non-hydrogen) atoms. The summed E-state index contributed by atoms with van der Waals surface area (Å²) in [4.78, 5) is 10.9. The van der Waals surface area contributed by atoms with Crippen molar-refractivity contribution in [3.8, 4) is 17.5 Å². The molecule has 0 saturated heterocycles. The van der Waals surface area contributed by atoms with Crippen molar-refractivity contribution in [2.45, 2.75) is 6.18 Å². The predicted octanol–water partition coefficient (Wildman–Crippen LogP) is 1.84. The third-order valence-corrected chi connectivity index (χ3v) is 2.46. The van der Waals surface area contributed by atoms with E-state index in [0.29, 0.717) is 5.75 Å². The number of carbonyl (C=O) groups excluding carboxylic acids is 1. The number of halogens is 3. The number of aldehydes is 1. The molecule has 0 N–H and O–H groups in total. The molecule has 0 saturated carbocycles. The van der Waals surface area contributed by atoms with Gasteiger partial charge in [0.25, 0.3) is 0 Å². The highest BCUT2D eigenvalue weighted by Gasteiger charge is 2.39. The topological polar surface area (TPSA) is 79.1 Å². The van der Waals surface area contributed by atoms with Crippen LogP contribution in [0.2, 0.25) is 0 Å². The molecule has 0 spiro atoms. The van der Waals surface area contributed by atoms with E-state index in [1.54, 1.807) is 0 Å². The fourth-order valence-corrected chi connectivity index (χ4v) is 1.55. The minimum Gasteiger partial charge on any atom is -0.495 e. The Balaban J connectivity index is 2.44. The minimum absolute atomic E-state index is 0.0265. The van der Waals surface area contributed by atoms with Crippen LogP contribution in [0, 0.1) is 0 Å². The zero-order valence-electron chi connectivity index (χ0n) is 10.9. The maximum Gasteiger partial charge on any atom is 0.436 e. The van der Waals surface area contributed by atoms with Gasteiger partial charge in [0.1, 0.15) is 11.3 Å². The van der Waals surface area contributed by atoms with Gasteiger partial charge in [0.15, 0.2) is 12.0 Å². The van der Waals surface area contributed by atoms with Gasteiger partial charge < -0.3 is 9.47 Å². The van der Waals surface area contributed by atoms with E-state index >= 15 is 0 Å². The van der Waals surface area contributed by atoms with Crippen molar-refractivity contribution in [3.63, 3.8) is 0 Å². The average molecular weight is 302 g/mol. The predicted molar refractivity (Wildman–Crippen MR) is 62.3 cm³/mol. The number of hydrogen-bond donors (Lipinski definition) is 0. The van der Waals surface area contributed by atoms with Crippen molar-refractivity contribution in [1.29, 1.82) is 0 Å². The van der Waals surface area contributed by atoms with Gasteiger partial charge in [-0.05, 0) is 0 Å². The van der Waals surface area contributed by atoms with Crippen molar-refractivity contribution in [2.75, 3.05) is 7.11 Å². The quantitative estimate of drug-likeness (QED) is 0.802. The SMILES string of the molecule is COc1cnnc(Oc2c(C=O)c(C(F)(F)F)nn2C)c1. The maximum atomic E-state index is 12.7. The van der Waals surface area contributed by atoms with Crippen LogP contribution >= 0.6 is 0 Å². The van der Waals surface area contributed by atoms with Gasteiger partial charge >= 0.3 is 6.18 Å². The summed E-state index contributed by atoms with van der Waals surface area (Å²) >= 11 is 0. The molecule has 2 rings (SSSR count). The molecule has 0 aromatic carbocycles. The van der Waals surface area contributed by atoms with Crippen molar-refractivity contribution in [3.05, 3.63) is 23.5 Å². The molecule has 112 valence electrons. The van der Waals surface area contributed by atoms with Crippen LogP contribution in [0.5, 0.6) is 17.5 Å². The lowest BCUT2D eigenvalue weighted by atomic mass is 10.2. The second-order valence-electron chi connectivity index (χ2n) is 3.84. The molecular formula is C11H9F3N4O3. The van der Waals surface area contributed by atoms with Crippen LogP contribution in [-0.2, 0) is 13.2 Å². The first-order valence-electron chi connectivity index (χ1n) is 5.50. The van der Waals surface area contributed by atoms with E-state index in [9.17, 15) is 18.0 Å². The number of hydrogen-bond acceptors (Lipinski definition) is 6. The number of ether oxygens (including phenoxy) is 2. The molecule has 0 aliphatic heterocycles. The Bertz CT molecular complexity index is 669. The second kappa shape index (κ2) is 5.38. The van der Waals surface area contributed by atoms with Gasteiger partial charge in [0.2, 0.25) is 11.8 Å². The smallest absolute Gasteiger partial charge is 0.436 e. The summed E-state index contributed by atoms with van der Waals surface area (Å²) < 4.78 is 49.1. The van der Waals surface area contributed by atoms with Gasteiger partial charge in [0, 0.05) is 13.1 Å². The van der Waals surface area contributed by atoms with Gasteiger partial charge in [-0.15, -0.1) is 5.10 Å². The van der Waals surface area contributed by atoms with Crippen molar-refractivity contribution >= 4 is 6.29 Å². The van der Waals surface area contributed by atoms with Crippen molar-refractivity contribution in [2.24, 2.45) is 7.05 Å². The lowest BCUT2D eigenvalue weighted by Crippen LogP contribution is -2.09. The monoisotopic (exact) mass is 302 g/mol. The normalized spacial score (nSPS) is 11.3. The summed E-state index contributed by atoms with van der Waals surface area (Å²) in [6.45, 7) is 0. The van der Waals surface area contributed by atoms with E-state index in [1.165, 1.54) is 26.4 Å². The van der Waals surface area contributed by atoms with E-state index < -0.39 is 17.4 Å². The van der Waals surface area contributed by atoms with Crippen LogP contribution in [0.15, 0.2) is 12.3 Å². The summed E-state index contributed by atoms with van der Waals surface area (Å²) in [5, 5.41) is 10.4. The van der Waals surface area contributed by atoms with Crippen LogP contribution in [0.25, 0.3) is 0 Å². The van der Waals surface area contributed by atoms with Crippen molar-refractivity contribution < 1.29 is 27.4 Å². The molecule has 0 unspecified atom stereocenters. The average Bonchev–Trinajstić information content (AvgIpc) is 2.76. The Morgan fingerprint density at radius 2 is 2.10 bits per heavy atom. The number of aryl methyl sites for hydroxylation is 1. The fourth-order valence-electron chi connectivity index (χ4n) is 1.55. The number of rotatable bonds is 4. The summed E-state index contributed by atoms with van der Waals surface area (Å²) in [7, 11) is 2.59. The fraction of sp³-hybridized carbons (Fsp3) is 0.273. The summed E-state index contributed by atoms with van der Waals surface area (Å²) in [5.74, 6) is -0.222. The van der Waals surface area contributed by atoms with Gasteiger partial charge in [-0.2, -0.15) is 23.4 Å². The number of methoxy groups -OCH3 is 1. The summed E-state index contributed by atoms with van der Waals surface area (Å²) in [6.07, 6.45) is -3.45. The highest BCUT2D eigenvalue weighted by molar-refractivity contribution is 5.80. The first-order valence-corrected chi connectivity index (χ1v) is 5.50. The lowest BCUT2D eigenvalue weighted by Gasteiger charge is -2.06. The number of alkyl halides is 3. The Labute approximate surface area is 116 Å². The van der Waals surface area contributed by atoms with E-state index in [2.05, 4.69) is 15.3 Å². The Kier molecular flexibility index (Phi) is 3.78. The van der Waals surface area contributed by atoms with Gasteiger partial charge in [-0.1, -0.05) is 0 Å². The third-order valence-electron chi connectivity index (χ3n) is 2.46. The number of nitrogens with zero attached hydrogens (tertiary/aromatic N) is 4. The van der Waals surface area contributed by atoms with E-state index in [4.69, 9.17) is 9.47 Å². The molecule has 0 bridgehead atoms. The van der Waals surface area contributed by atoms with E-state index in [0.717, 1.165) is 4.68 Å². The summed E-state index contributed by atoms with van der Waals surface area (Å²) in [5.41, 5.74) is -2.04. The molecule has 0 atom stereocenters. The largest absolute Gasteiger partial charge is 0.495 e. The van der Waals surface area contributed by atoms with Crippen LogP contribution in [-0.4, -0.2) is 33.4 Å². The zero-order chi connectivity index (χ0) is 15.6. The Morgan fingerprint density at radius 3 is 2.67 bits per heavy atom. The highest BCUT2D eigenvalue weighted by atomic mass is 19.4. The molecule has 0 fully saturated rings. The molecule has 10 heteroatoms. The second-order valence-corrected chi connectivity index (χ2v) is 3.84. The third kappa shape index (κ3) is 2.93. The van der Waals surface area contributed by atoms with E-state index in [-0.39, 0.29) is 18.0 Å². The first-order chi connectivity index (χ1) is 9.86. The van der Waals surface area contributed by atoms with Gasteiger partial charge in [0.05, 0.1) is 13.3 Å². The lowest BCUT2D eigenvalue weighted by molar-refractivity contribution is -0.141. The van der Waals surface area contributed by atoms with Crippen LogP contribution in [0.1, 0.15) is 16.1 Å². The number of carbonyl (C=O) groups is 1. The first kappa shape index (κ1) is 14.8. The molecule has 0 amide bonds.